The highest BCUT2D eigenvalue weighted by molar-refractivity contribution is 7.91. The van der Waals surface area contributed by atoms with Crippen molar-refractivity contribution in [2.45, 2.75) is 52.9 Å². The molecule has 0 aliphatic carbocycles. The summed E-state index contributed by atoms with van der Waals surface area (Å²) in [6.07, 6.45) is 1.25. The number of carbonyl (C=O) groups excluding carboxylic acids is 1. The molecule has 3 nitrogen and oxygen atoms in total. The van der Waals surface area contributed by atoms with Crippen LogP contribution in [-0.2, 0) is 21.1 Å². The minimum Gasteiger partial charge on any atom is -0.303 e. The van der Waals surface area contributed by atoms with E-state index in [0.717, 1.165) is 11.1 Å². The van der Waals surface area contributed by atoms with E-state index in [9.17, 15) is 13.2 Å². The summed E-state index contributed by atoms with van der Waals surface area (Å²) in [5, 5.41) is 0. The SMILES string of the molecule is CC.CC.CC(C)(C=O)CS(=O)(=O)c1ccccc1Cc1ccccc1. The number of hydrogen-bond donors (Lipinski definition) is 0. The molecule has 0 unspecified atom stereocenters. The van der Waals surface area contributed by atoms with Gasteiger partial charge in [-0.2, -0.15) is 0 Å². The Morgan fingerprint density at radius 2 is 1.35 bits per heavy atom. The van der Waals surface area contributed by atoms with E-state index in [0.29, 0.717) is 17.6 Å². The molecule has 144 valence electrons. The first-order chi connectivity index (χ1) is 12.3. The molecule has 0 bridgehead atoms. The Kier molecular flexibility index (Phi) is 10.8. The molecule has 2 aromatic carbocycles. The molecule has 0 aliphatic heterocycles. The third-order valence-corrected chi connectivity index (χ3v) is 5.62. The topological polar surface area (TPSA) is 51.2 Å². The standard InChI is InChI=1S/C18H20O3S.2C2H6/c1-18(2,13-19)14-22(20,21)17-11-7-6-10-16(17)12-15-8-4-3-5-9-15;2*1-2/h3-11,13H,12,14H2,1-2H3;2*1-2H3. The van der Waals surface area contributed by atoms with E-state index in [1.165, 1.54) is 0 Å². The predicted molar refractivity (Wildman–Crippen MR) is 110 cm³/mol. The van der Waals surface area contributed by atoms with Crippen LogP contribution in [0.5, 0.6) is 0 Å². The highest BCUT2D eigenvalue weighted by Gasteiger charge is 2.28. The molecule has 0 N–H and O–H groups in total. The van der Waals surface area contributed by atoms with Crippen LogP contribution in [0.25, 0.3) is 0 Å². The first kappa shape index (κ1) is 24.1. The molecule has 0 atom stereocenters. The summed E-state index contributed by atoms with van der Waals surface area (Å²) >= 11 is 0. The van der Waals surface area contributed by atoms with Crippen molar-refractivity contribution >= 4 is 16.1 Å². The Bertz CT molecular complexity index is 748. The molecule has 4 heteroatoms. The normalized spacial score (nSPS) is 10.7. The maximum absolute atomic E-state index is 12.7. The Hall–Kier alpha value is -1.94. The van der Waals surface area contributed by atoms with Crippen LogP contribution in [0, 0.1) is 5.41 Å². The molecular weight excluding hydrogens is 344 g/mol. The zero-order valence-corrected chi connectivity index (χ0v) is 17.6. The van der Waals surface area contributed by atoms with Crippen molar-refractivity contribution in [1.82, 2.24) is 0 Å². The first-order valence-corrected chi connectivity index (χ1v) is 10.8. The smallest absolute Gasteiger partial charge is 0.179 e. The van der Waals surface area contributed by atoms with Crippen LogP contribution < -0.4 is 0 Å². The van der Waals surface area contributed by atoms with Crippen molar-refractivity contribution in [3.8, 4) is 0 Å². The van der Waals surface area contributed by atoms with Gasteiger partial charge in [0.1, 0.15) is 6.29 Å². The third kappa shape index (κ3) is 7.52. The van der Waals surface area contributed by atoms with Crippen molar-refractivity contribution in [3.63, 3.8) is 0 Å². The van der Waals surface area contributed by atoms with Crippen molar-refractivity contribution in [3.05, 3.63) is 65.7 Å². The van der Waals surface area contributed by atoms with Crippen LogP contribution in [0.15, 0.2) is 59.5 Å². The van der Waals surface area contributed by atoms with Gasteiger partial charge in [0.05, 0.1) is 10.6 Å². The molecular formula is C22H32O3S. The summed E-state index contributed by atoms with van der Waals surface area (Å²) in [6, 6.07) is 16.7. The number of hydrogen-bond acceptors (Lipinski definition) is 3. The van der Waals surface area contributed by atoms with E-state index >= 15 is 0 Å². The lowest BCUT2D eigenvalue weighted by Crippen LogP contribution is -2.26. The fraction of sp³-hybridized carbons (Fsp3) is 0.409. The number of rotatable bonds is 6. The summed E-state index contributed by atoms with van der Waals surface area (Å²) < 4.78 is 25.3. The number of benzene rings is 2. The van der Waals surface area contributed by atoms with Crippen molar-refractivity contribution < 1.29 is 13.2 Å². The van der Waals surface area contributed by atoms with Crippen molar-refractivity contribution in [2.24, 2.45) is 5.41 Å². The molecule has 0 saturated carbocycles. The van der Waals surface area contributed by atoms with E-state index in [4.69, 9.17) is 0 Å². The average Bonchev–Trinajstić information content (AvgIpc) is 2.65. The fourth-order valence-electron chi connectivity index (χ4n) is 2.37. The Morgan fingerprint density at radius 1 is 0.846 bits per heavy atom. The van der Waals surface area contributed by atoms with Gasteiger partial charge in [-0.1, -0.05) is 90.1 Å². The van der Waals surface area contributed by atoms with E-state index in [1.807, 2.05) is 70.2 Å². The van der Waals surface area contributed by atoms with E-state index < -0.39 is 15.3 Å². The van der Waals surface area contributed by atoms with E-state index in [1.54, 1.807) is 26.0 Å². The first-order valence-electron chi connectivity index (χ1n) is 9.15. The zero-order valence-electron chi connectivity index (χ0n) is 16.8. The van der Waals surface area contributed by atoms with Crippen LogP contribution in [0.1, 0.15) is 52.7 Å². The monoisotopic (exact) mass is 376 g/mol. The molecule has 0 heterocycles. The van der Waals surface area contributed by atoms with Crippen LogP contribution >= 0.6 is 0 Å². The largest absolute Gasteiger partial charge is 0.303 e. The molecule has 0 amide bonds. The van der Waals surface area contributed by atoms with Gasteiger partial charge in [0.25, 0.3) is 0 Å². The Morgan fingerprint density at radius 3 is 1.88 bits per heavy atom. The van der Waals surface area contributed by atoms with Crippen LogP contribution in [0.4, 0.5) is 0 Å². The molecule has 2 rings (SSSR count). The second-order valence-electron chi connectivity index (χ2n) is 6.14. The summed E-state index contributed by atoms with van der Waals surface area (Å²) in [4.78, 5) is 11.4. The summed E-state index contributed by atoms with van der Waals surface area (Å²) in [5.74, 6) is -0.185. The van der Waals surface area contributed by atoms with Gasteiger partial charge in [-0.25, -0.2) is 8.42 Å². The molecule has 0 fully saturated rings. The number of carbonyl (C=O) groups is 1. The lowest BCUT2D eigenvalue weighted by atomic mass is 10.00. The Labute approximate surface area is 159 Å². The van der Waals surface area contributed by atoms with E-state index in [2.05, 4.69) is 0 Å². The minimum absolute atomic E-state index is 0.185. The van der Waals surface area contributed by atoms with Gasteiger partial charge < -0.3 is 4.79 Å². The maximum Gasteiger partial charge on any atom is 0.179 e. The highest BCUT2D eigenvalue weighted by Crippen LogP contribution is 2.25. The average molecular weight is 377 g/mol. The maximum atomic E-state index is 12.7. The predicted octanol–water partition coefficient (Wildman–Crippen LogP) is 5.33. The summed E-state index contributed by atoms with van der Waals surface area (Å²) in [7, 11) is -3.51. The van der Waals surface area contributed by atoms with Gasteiger partial charge in [0.15, 0.2) is 9.84 Å². The zero-order chi connectivity index (χ0) is 20.2. The lowest BCUT2D eigenvalue weighted by Gasteiger charge is -2.18. The van der Waals surface area contributed by atoms with Crippen LogP contribution in [0.2, 0.25) is 0 Å². The van der Waals surface area contributed by atoms with Gasteiger partial charge in [0, 0.05) is 5.41 Å². The molecule has 0 saturated heterocycles. The summed E-state index contributed by atoms with van der Waals surface area (Å²) in [5.41, 5.74) is 0.925. The molecule has 0 aromatic heterocycles. The van der Waals surface area contributed by atoms with Gasteiger partial charge >= 0.3 is 0 Å². The van der Waals surface area contributed by atoms with E-state index in [-0.39, 0.29) is 5.75 Å². The quantitative estimate of drug-likeness (QED) is 0.640. The van der Waals surface area contributed by atoms with Crippen LogP contribution in [0.3, 0.4) is 0 Å². The van der Waals surface area contributed by atoms with Crippen molar-refractivity contribution in [1.29, 1.82) is 0 Å². The highest BCUT2D eigenvalue weighted by atomic mass is 32.2. The van der Waals surface area contributed by atoms with Gasteiger partial charge in [-0.3, -0.25) is 0 Å². The second kappa shape index (κ2) is 11.6. The van der Waals surface area contributed by atoms with Gasteiger partial charge in [-0.15, -0.1) is 0 Å². The fourth-order valence-corrected chi connectivity index (χ4v) is 4.40. The summed E-state index contributed by atoms with van der Waals surface area (Å²) in [6.45, 7) is 11.3. The van der Waals surface area contributed by atoms with Crippen LogP contribution in [-0.4, -0.2) is 20.5 Å². The minimum atomic E-state index is -3.51. The third-order valence-electron chi connectivity index (χ3n) is 3.43. The molecule has 26 heavy (non-hydrogen) atoms. The molecule has 0 radical (unpaired) electrons. The molecule has 0 spiro atoms. The Balaban J connectivity index is 0.00000146. The second-order valence-corrected chi connectivity index (χ2v) is 8.09. The van der Waals surface area contributed by atoms with Crippen molar-refractivity contribution in [2.75, 3.05) is 5.75 Å². The molecule has 2 aromatic rings. The lowest BCUT2D eigenvalue weighted by molar-refractivity contribution is -0.113. The van der Waals surface area contributed by atoms with Gasteiger partial charge in [-0.05, 0) is 23.6 Å². The molecule has 0 aliphatic rings. The number of aldehydes is 1. The van der Waals surface area contributed by atoms with Gasteiger partial charge in [0.2, 0.25) is 0 Å². The number of sulfone groups is 1.